The maximum Gasteiger partial charge on any atom is 0.402 e. The average molecular weight is 621 g/mol. The maximum absolute atomic E-state index is 12.0. The van der Waals surface area contributed by atoms with Gasteiger partial charge in [-0.05, 0) is 47.6 Å². The van der Waals surface area contributed by atoms with Gasteiger partial charge in [0.1, 0.15) is 23.9 Å². The van der Waals surface area contributed by atoms with Gasteiger partial charge in [-0.2, -0.15) is 16.8 Å². The summed E-state index contributed by atoms with van der Waals surface area (Å²) in [6.07, 6.45) is 6.95. The van der Waals surface area contributed by atoms with Crippen LogP contribution in [0.25, 0.3) is 0 Å². The van der Waals surface area contributed by atoms with Crippen LogP contribution in [-0.2, 0) is 33.1 Å². The van der Waals surface area contributed by atoms with Crippen LogP contribution >= 0.6 is 23.9 Å². The molecular formula is C26H28N4O6S4+2. The molecule has 2 heterocycles. The fourth-order valence-corrected chi connectivity index (χ4v) is 6.94. The molecule has 210 valence electrons. The van der Waals surface area contributed by atoms with Gasteiger partial charge in [0.15, 0.2) is 11.4 Å². The van der Waals surface area contributed by atoms with Gasteiger partial charge in [-0.15, -0.1) is 0 Å². The van der Waals surface area contributed by atoms with Crippen LogP contribution in [0.5, 0.6) is 0 Å². The Morgan fingerprint density at radius 1 is 0.675 bits per heavy atom. The van der Waals surface area contributed by atoms with E-state index < -0.39 is 20.2 Å². The molecule has 0 fully saturated rings. The highest BCUT2D eigenvalue weighted by Gasteiger charge is 2.28. The van der Waals surface area contributed by atoms with Crippen molar-refractivity contribution in [3.63, 3.8) is 0 Å². The molecule has 4 rings (SSSR count). The SMILES string of the molecule is CCC1=C/C=C(\S(=O)(=O)O)Cc2ccccc2S[N+]1=NN=[N+]1Sc2ccccc2C/C(S(=O)(=O)O)=C/C=C\1CC. The fourth-order valence-electron chi connectivity index (χ4n) is 3.87. The molecule has 0 atom stereocenters. The van der Waals surface area contributed by atoms with Crippen molar-refractivity contribution in [1.82, 2.24) is 0 Å². The third-order valence-corrected chi connectivity index (χ3v) is 10.1. The molecule has 0 aliphatic carbocycles. The lowest BCUT2D eigenvalue weighted by atomic mass is 10.1. The first-order valence-corrected chi connectivity index (χ1v) is 16.7. The predicted molar refractivity (Wildman–Crippen MR) is 153 cm³/mol. The Bertz CT molecular complexity index is 1590. The first-order chi connectivity index (χ1) is 19.0. The molecule has 10 nitrogen and oxygen atoms in total. The molecule has 2 aromatic rings. The van der Waals surface area contributed by atoms with E-state index in [1.807, 2.05) is 38.1 Å². The second kappa shape index (κ2) is 12.7. The molecule has 40 heavy (non-hydrogen) atoms. The summed E-state index contributed by atoms with van der Waals surface area (Å²) in [5, 5.41) is 9.04. The van der Waals surface area contributed by atoms with Crippen molar-refractivity contribution in [1.29, 1.82) is 0 Å². The maximum atomic E-state index is 12.0. The van der Waals surface area contributed by atoms with E-state index in [0.717, 1.165) is 9.79 Å². The largest absolute Gasteiger partial charge is 0.402 e. The molecule has 2 aromatic carbocycles. The van der Waals surface area contributed by atoms with Crippen LogP contribution in [0.15, 0.2) is 114 Å². The molecule has 2 aliphatic heterocycles. The molecule has 2 aliphatic rings. The summed E-state index contributed by atoms with van der Waals surface area (Å²) >= 11 is 2.53. The van der Waals surface area contributed by atoms with Gasteiger partial charge in [-0.1, -0.05) is 50.2 Å². The fraction of sp³-hybridized carbons (Fsp3) is 0.231. The second-order valence-electron chi connectivity index (χ2n) is 8.72. The van der Waals surface area contributed by atoms with Gasteiger partial charge in [-0.25, -0.2) is 0 Å². The van der Waals surface area contributed by atoms with Crippen LogP contribution in [-0.4, -0.2) is 34.1 Å². The summed E-state index contributed by atoms with van der Waals surface area (Å²) in [7, 11) is -8.84. The van der Waals surface area contributed by atoms with Crippen molar-refractivity contribution < 1.29 is 34.1 Å². The van der Waals surface area contributed by atoms with Gasteiger partial charge in [0.05, 0.1) is 19.6 Å². The van der Waals surface area contributed by atoms with Crippen molar-refractivity contribution in [3.8, 4) is 0 Å². The number of benzene rings is 2. The molecule has 0 spiro atoms. The van der Waals surface area contributed by atoms with Gasteiger partial charge in [-0.3, -0.25) is 9.11 Å². The van der Waals surface area contributed by atoms with Crippen LogP contribution in [0.3, 0.4) is 0 Å². The van der Waals surface area contributed by atoms with Crippen molar-refractivity contribution in [2.24, 2.45) is 10.4 Å². The van der Waals surface area contributed by atoms with E-state index in [2.05, 4.69) is 10.4 Å². The summed E-state index contributed by atoms with van der Waals surface area (Å²) in [6.45, 7) is 3.79. The Labute approximate surface area is 242 Å². The average Bonchev–Trinajstić information content (AvgIpc) is 3.03. The molecule has 0 amide bonds. The topological polar surface area (TPSA) is 139 Å². The Morgan fingerprint density at radius 3 is 1.40 bits per heavy atom. The number of hydrogen-bond donors (Lipinski definition) is 2. The smallest absolute Gasteiger partial charge is 0.282 e. The standard InChI is InChI=1S/C26H26N4O6S4/c1-3-21-13-15-23(39(31,32)33)17-19-9-5-7-11-25(19)37-29(21)27-28-30-22(4-2)14-16-24(40(34,35)36)18-20-10-6-8-12-26(20)38-30/h5-16H,3-4,17-18H2,1-2H3/p+2/b21-13-,22-14?,23-15-,24-16-. The van der Waals surface area contributed by atoms with Crippen molar-refractivity contribution in [2.75, 3.05) is 0 Å². The molecule has 0 bridgehead atoms. The van der Waals surface area contributed by atoms with E-state index in [1.54, 1.807) is 44.6 Å². The number of hydrogen-bond acceptors (Lipinski definition) is 6. The first-order valence-electron chi connectivity index (χ1n) is 12.3. The minimum Gasteiger partial charge on any atom is -0.282 e. The van der Waals surface area contributed by atoms with E-state index >= 15 is 0 Å². The predicted octanol–water partition coefficient (Wildman–Crippen LogP) is 6.49. The molecule has 0 unspecified atom stereocenters. The van der Waals surface area contributed by atoms with Gasteiger partial charge in [0.25, 0.3) is 20.2 Å². The Kier molecular flexibility index (Phi) is 9.59. The summed E-state index contributed by atoms with van der Waals surface area (Å²) in [4.78, 5) is 1.23. The number of allylic oxidation sites excluding steroid dienone is 8. The third-order valence-electron chi connectivity index (χ3n) is 6.05. The molecular weight excluding hydrogens is 593 g/mol. The van der Waals surface area contributed by atoms with Crippen LogP contribution in [0, 0.1) is 0 Å². The molecule has 0 saturated carbocycles. The Balaban J connectivity index is 1.89. The molecule has 2 N–H and O–H groups in total. The summed E-state index contributed by atoms with van der Waals surface area (Å²) < 4.78 is 71.0. The molecule has 0 radical (unpaired) electrons. The summed E-state index contributed by atoms with van der Waals surface area (Å²) in [6, 6.07) is 14.5. The number of rotatable bonds is 5. The molecule has 0 saturated heterocycles. The Hall–Kier alpha value is -2.88. The van der Waals surface area contributed by atoms with Gasteiger partial charge in [0, 0.05) is 33.9 Å². The van der Waals surface area contributed by atoms with Crippen molar-refractivity contribution in [3.05, 3.63) is 105 Å². The molecule has 0 aromatic heterocycles. The highest BCUT2D eigenvalue weighted by Crippen LogP contribution is 2.34. The zero-order valence-electron chi connectivity index (χ0n) is 21.7. The third kappa shape index (κ3) is 7.44. The minimum absolute atomic E-state index is 0.0183. The van der Waals surface area contributed by atoms with E-state index in [1.165, 1.54) is 36.0 Å². The van der Waals surface area contributed by atoms with Gasteiger partial charge >= 0.3 is 10.4 Å². The van der Waals surface area contributed by atoms with E-state index in [-0.39, 0.29) is 22.7 Å². The van der Waals surface area contributed by atoms with Crippen LogP contribution < -0.4 is 0 Å². The minimum atomic E-state index is -4.42. The van der Waals surface area contributed by atoms with E-state index in [4.69, 9.17) is 0 Å². The summed E-state index contributed by atoms with van der Waals surface area (Å²) in [5.74, 6) is 0. The lowest BCUT2D eigenvalue weighted by molar-refractivity contribution is -0.431. The lowest BCUT2D eigenvalue weighted by Crippen LogP contribution is -2.05. The number of nitrogens with zero attached hydrogens (tertiary/aromatic N) is 4. The number of fused-ring (bicyclic) bond motifs is 2. The highest BCUT2D eigenvalue weighted by atomic mass is 32.2. The quantitative estimate of drug-likeness (QED) is 0.167. The first kappa shape index (κ1) is 30.1. The lowest BCUT2D eigenvalue weighted by Gasteiger charge is -2.06. The normalized spacial score (nSPS) is 22.8. The van der Waals surface area contributed by atoms with Gasteiger partial charge in [0.2, 0.25) is 0 Å². The van der Waals surface area contributed by atoms with E-state index in [0.29, 0.717) is 35.4 Å². The summed E-state index contributed by atoms with van der Waals surface area (Å²) in [5.41, 5.74) is 2.67. The second-order valence-corrected chi connectivity index (χ2v) is 13.6. The monoisotopic (exact) mass is 620 g/mol. The van der Waals surface area contributed by atoms with E-state index in [9.17, 15) is 25.9 Å². The van der Waals surface area contributed by atoms with Gasteiger partial charge < -0.3 is 0 Å². The van der Waals surface area contributed by atoms with Crippen molar-refractivity contribution >= 4 is 44.1 Å². The highest BCUT2D eigenvalue weighted by molar-refractivity contribution is 7.93. The zero-order valence-corrected chi connectivity index (χ0v) is 25.0. The molecule has 14 heteroatoms. The van der Waals surface area contributed by atoms with Crippen molar-refractivity contribution in [2.45, 2.75) is 49.3 Å². The van der Waals surface area contributed by atoms with Crippen LogP contribution in [0.4, 0.5) is 0 Å². The van der Waals surface area contributed by atoms with Crippen LogP contribution in [0.2, 0.25) is 0 Å². The van der Waals surface area contributed by atoms with Crippen LogP contribution in [0.1, 0.15) is 37.8 Å². The Morgan fingerprint density at radius 2 is 1.05 bits per heavy atom. The zero-order chi connectivity index (χ0) is 28.9.